The van der Waals surface area contributed by atoms with Gasteiger partial charge in [0.05, 0.1) is 24.4 Å². The Kier molecular flexibility index (Phi) is 8.47. The van der Waals surface area contributed by atoms with Crippen LogP contribution in [0.25, 0.3) is 21.9 Å². The number of fused-ring (bicyclic) bond motifs is 1. The molecular weight excluding hydrogens is 476 g/mol. The molecule has 6 heteroatoms. The SMILES string of the molecule is C[C@@H](OC[C@H](O)CNC(C)(C)Cc1ccc2ccccc2c1)c1ccccc1-c1ccc(C(=O)O)c(N)c1. The van der Waals surface area contributed by atoms with Crippen molar-refractivity contribution in [3.05, 3.63) is 102 Å². The van der Waals surface area contributed by atoms with Crippen LogP contribution >= 0.6 is 0 Å². The summed E-state index contributed by atoms with van der Waals surface area (Å²) < 4.78 is 6.06. The van der Waals surface area contributed by atoms with Gasteiger partial charge in [-0.1, -0.05) is 72.8 Å². The molecule has 2 atom stereocenters. The molecule has 0 saturated heterocycles. The smallest absolute Gasteiger partial charge is 0.337 e. The second-order valence-corrected chi connectivity index (χ2v) is 10.4. The summed E-state index contributed by atoms with van der Waals surface area (Å²) in [5.41, 5.74) is 9.97. The highest BCUT2D eigenvalue weighted by Crippen LogP contribution is 2.32. The lowest BCUT2D eigenvalue weighted by Gasteiger charge is -2.28. The quantitative estimate of drug-likeness (QED) is 0.188. The Morgan fingerprint density at radius 1 is 0.974 bits per heavy atom. The number of anilines is 1. The fraction of sp³-hybridized carbons (Fsp3) is 0.281. The fourth-order valence-electron chi connectivity index (χ4n) is 4.76. The van der Waals surface area contributed by atoms with Gasteiger partial charge in [-0.05, 0) is 72.4 Å². The molecule has 0 aliphatic rings. The van der Waals surface area contributed by atoms with Crippen LogP contribution in [0.2, 0.25) is 0 Å². The number of nitrogen functional groups attached to an aromatic ring is 1. The van der Waals surface area contributed by atoms with Gasteiger partial charge in [0.2, 0.25) is 0 Å². The van der Waals surface area contributed by atoms with Crippen molar-refractivity contribution in [3.63, 3.8) is 0 Å². The number of carboxylic acids is 1. The number of benzene rings is 4. The first-order chi connectivity index (χ1) is 18.1. The van der Waals surface area contributed by atoms with Crippen LogP contribution < -0.4 is 11.1 Å². The summed E-state index contributed by atoms with van der Waals surface area (Å²) in [6.45, 7) is 6.79. The van der Waals surface area contributed by atoms with E-state index in [1.807, 2.05) is 37.3 Å². The van der Waals surface area contributed by atoms with Crippen LogP contribution in [0.3, 0.4) is 0 Å². The zero-order valence-electron chi connectivity index (χ0n) is 22.1. The van der Waals surface area contributed by atoms with Crippen molar-refractivity contribution in [1.29, 1.82) is 0 Å². The Labute approximate surface area is 224 Å². The third kappa shape index (κ3) is 6.78. The van der Waals surface area contributed by atoms with Crippen LogP contribution in [0, 0.1) is 0 Å². The molecule has 4 rings (SSSR count). The van der Waals surface area contributed by atoms with E-state index in [1.165, 1.54) is 22.4 Å². The number of rotatable bonds is 11. The molecule has 4 aromatic rings. The third-order valence-corrected chi connectivity index (χ3v) is 6.81. The van der Waals surface area contributed by atoms with Crippen LogP contribution in [-0.4, -0.2) is 41.0 Å². The molecule has 0 amide bonds. The number of aliphatic hydroxyl groups is 1. The highest BCUT2D eigenvalue weighted by molar-refractivity contribution is 5.95. The van der Waals surface area contributed by atoms with E-state index in [1.54, 1.807) is 12.1 Å². The van der Waals surface area contributed by atoms with Crippen molar-refractivity contribution in [3.8, 4) is 11.1 Å². The zero-order valence-corrected chi connectivity index (χ0v) is 22.1. The number of hydrogen-bond acceptors (Lipinski definition) is 5. The van der Waals surface area contributed by atoms with Gasteiger partial charge in [-0.25, -0.2) is 4.79 Å². The van der Waals surface area contributed by atoms with Crippen molar-refractivity contribution in [2.75, 3.05) is 18.9 Å². The normalized spacial score (nSPS) is 13.4. The summed E-state index contributed by atoms with van der Waals surface area (Å²) in [6.07, 6.45) is -0.128. The summed E-state index contributed by atoms with van der Waals surface area (Å²) in [6, 6.07) is 27.6. The molecule has 4 aromatic carbocycles. The predicted octanol–water partition coefficient (Wildman–Crippen LogP) is 5.84. The fourth-order valence-corrected chi connectivity index (χ4v) is 4.76. The summed E-state index contributed by atoms with van der Waals surface area (Å²) in [5.74, 6) is -1.05. The molecule has 0 radical (unpaired) electrons. The number of β-amino-alcohol motifs (C(OH)–C–C–N with tert-alkyl or cyclic N) is 1. The molecule has 0 aromatic heterocycles. The van der Waals surface area contributed by atoms with Crippen LogP contribution in [0.4, 0.5) is 5.69 Å². The second-order valence-electron chi connectivity index (χ2n) is 10.4. The third-order valence-electron chi connectivity index (χ3n) is 6.81. The van der Waals surface area contributed by atoms with Gasteiger partial charge in [0.15, 0.2) is 0 Å². The van der Waals surface area contributed by atoms with Crippen LogP contribution in [0.15, 0.2) is 84.9 Å². The first-order valence-electron chi connectivity index (χ1n) is 12.9. The molecular formula is C32H36N2O4. The second kappa shape index (κ2) is 11.8. The highest BCUT2D eigenvalue weighted by Gasteiger charge is 2.21. The molecule has 0 spiro atoms. The molecule has 0 aliphatic carbocycles. The molecule has 0 unspecified atom stereocenters. The van der Waals surface area contributed by atoms with Crippen molar-refractivity contribution < 1.29 is 19.7 Å². The minimum absolute atomic E-state index is 0.0784. The minimum Gasteiger partial charge on any atom is -0.478 e. The van der Waals surface area contributed by atoms with Crippen molar-refractivity contribution >= 4 is 22.4 Å². The van der Waals surface area contributed by atoms with E-state index in [0.29, 0.717) is 6.54 Å². The van der Waals surface area contributed by atoms with E-state index in [9.17, 15) is 15.0 Å². The Balaban J connectivity index is 1.34. The number of nitrogens with one attached hydrogen (secondary N) is 1. The highest BCUT2D eigenvalue weighted by atomic mass is 16.5. The lowest BCUT2D eigenvalue weighted by atomic mass is 9.93. The van der Waals surface area contributed by atoms with Crippen LogP contribution in [0.5, 0.6) is 0 Å². The maximum Gasteiger partial charge on any atom is 0.337 e. The molecule has 0 heterocycles. The molecule has 0 aliphatic heterocycles. The predicted molar refractivity (Wildman–Crippen MR) is 153 cm³/mol. The molecule has 0 saturated carbocycles. The average molecular weight is 513 g/mol. The maximum atomic E-state index is 11.3. The monoisotopic (exact) mass is 512 g/mol. The molecule has 6 nitrogen and oxygen atoms in total. The van der Waals surface area contributed by atoms with E-state index in [0.717, 1.165) is 23.1 Å². The Morgan fingerprint density at radius 2 is 1.68 bits per heavy atom. The van der Waals surface area contributed by atoms with Crippen molar-refractivity contribution in [1.82, 2.24) is 5.32 Å². The number of nitrogens with two attached hydrogens (primary N) is 1. The van der Waals surface area contributed by atoms with Gasteiger partial charge < -0.3 is 26.0 Å². The van der Waals surface area contributed by atoms with Crippen LogP contribution in [-0.2, 0) is 11.2 Å². The van der Waals surface area contributed by atoms with Gasteiger partial charge in [-0.2, -0.15) is 0 Å². The van der Waals surface area contributed by atoms with E-state index in [-0.39, 0.29) is 29.5 Å². The molecule has 198 valence electrons. The standard InChI is InChI=1S/C32H36N2O4/c1-21(27-10-6-7-11-28(27)25-14-15-29(31(36)37)30(33)17-25)38-20-26(35)19-34-32(2,3)18-22-12-13-23-8-4-5-9-24(23)16-22/h4-17,21,26,34-35H,18-20,33H2,1-3H3,(H,36,37)/t21-,26-/m1/s1. The lowest BCUT2D eigenvalue weighted by molar-refractivity contribution is -0.00397. The van der Waals surface area contributed by atoms with Gasteiger partial charge in [-0.15, -0.1) is 0 Å². The van der Waals surface area contributed by atoms with Crippen molar-refractivity contribution in [2.24, 2.45) is 0 Å². The summed E-state index contributed by atoms with van der Waals surface area (Å²) in [5, 5.41) is 25.9. The van der Waals surface area contributed by atoms with Gasteiger partial charge in [0.25, 0.3) is 0 Å². The number of hydrogen-bond donors (Lipinski definition) is 4. The zero-order chi connectivity index (χ0) is 27.3. The topological polar surface area (TPSA) is 105 Å². The van der Waals surface area contributed by atoms with Gasteiger partial charge in [-0.3, -0.25) is 0 Å². The average Bonchev–Trinajstić information content (AvgIpc) is 2.90. The molecule has 0 bridgehead atoms. The Hall–Kier alpha value is -3.71. The van der Waals surface area contributed by atoms with E-state index in [2.05, 4.69) is 55.6 Å². The van der Waals surface area contributed by atoms with E-state index in [4.69, 9.17) is 10.5 Å². The number of aliphatic hydroxyl groups excluding tert-OH is 1. The number of carboxylic acid groups (broad SMARTS) is 1. The molecule has 38 heavy (non-hydrogen) atoms. The minimum atomic E-state index is -1.05. The first-order valence-corrected chi connectivity index (χ1v) is 12.9. The van der Waals surface area contributed by atoms with E-state index >= 15 is 0 Å². The number of ether oxygens (including phenoxy) is 1. The van der Waals surface area contributed by atoms with Gasteiger partial charge in [0.1, 0.15) is 0 Å². The molecule has 0 fully saturated rings. The number of aromatic carboxylic acids is 1. The molecule has 5 N–H and O–H groups in total. The summed E-state index contributed by atoms with van der Waals surface area (Å²) in [4.78, 5) is 11.3. The summed E-state index contributed by atoms with van der Waals surface area (Å²) in [7, 11) is 0. The number of carbonyl (C=O) groups is 1. The Bertz CT molecular complexity index is 1420. The largest absolute Gasteiger partial charge is 0.478 e. The van der Waals surface area contributed by atoms with Gasteiger partial charge >= 0.3 is 5.97 Å². The van der Waals surface area contributed by atoms with E-state index < -0.39 is 12.1 Å². The van der Waals surface area contributed by atoms with Crippen molar-refractivity contribution in [2.45, 2.75) is 44.9 Å². The first kappa shape index (κ1) is 27.3. The summed E-state index contributed by atoms with van der Waals surface area (Å²) >= 11 is 0. The van der Waals surface area contributed by atoms with Gasteiger partial charge in [0, 0.05) is 17.8 Å². The Morgan fingerprint density at radius 3 is 2.42 bits per heavy atom. The van der Waals surface area contributed by atoms with Crippen LogP contribution in [0.1, 0.15) is 48.4 Å². The maximum absolute atomic E-state index is 11.3. The lowest BCUT2D eigenvalue weighted by Crippen LogP contribution is -2.46.